The van der Waals surface area contributed by atoms with Gasteiger partial charge in [-0.3, -0.25) is 0 Å². The molecule has 0 radical (unpaired) electrons. The molecule has 0 unspecified atom stereocenters. The van der Waals surface area contributed by atoms with Crippen LogP contribution in [0.4, 0.5) is 0 Å². The van der Waals surface area contributed by atoms with Crippen molar-refractivity contribution in [2.45, 2.75) is 33.9 Å². The summed E-state index contributed by atoms with van der Waals surface area (Å²) in [7, 11) is 0. The first-order valence-electron chi connectivity index (χ1n) is 6.11. The van der Waals surface area contributed by atoms with Crippen LogP contribution in [-0.2, 0) is 17.9 Å². The molecule has 0 aromatic carbocycles. The van der Waals surface area contributed by atoms with Crippen molar-refractivity contribution in [2.24, 2.45) is 5.92 Å². The highest BCUT2D eigenvalue weighted by Crippen LogP contribution is 2.22. The molecule has 0 aliphatic carbocycles. The van der Waals surface area contributed by atoms with Crippen molar-refractivity contribution >= 4 is 11.3 Å². The first kappa shape index (κ1) is 14.4. The standard InChI is InChI=1S/C14H23NOS/c1-5-6-16-10-13-7-14(17-12(13)4)9-15-8-11(2)3/h5,7,11,15H,1,6,8-10H2,2-4H3. The lowest BCUT2D eigenvalue weighted by atomic mass is 10.2. The van der Waals surface area contributed by atoms with Crippen molar-refractivity contribution in [3.8, 4) is 0 Å². The van der Waals surface area contributed by atoms with E-state index in [-0.39, 0.29) is 0 Å². The molecule has 0 saturated heterocycles. The molecule has 0 atom stereocenters. The third-order valence-corrected chi connectivity index (χ3v) is 3.51. The van der Waals surface area contributed by atoms with Crippen molar-refractivity contribution in [1.82, 2.24) is 5.32 Å². The van der Waals surface area contributed by atoms with Crippen molar-refractivity contribution in [3.63, 3.8) is 0 Å². The molecule has 96 valence electrons. The molecular formula is C14H23NOS. The van der Waals surface area contributed by atoms with Gasteiger partial charge in [0.25, 0.3) is 0 Å². The Balaban J connectivity index is 2.41. The van der Waals surface area contributed by atoms with E-state index < -0.39 is 0 Å². The Hall–Kier alpha value is -0.640. The topological polar surface area (TPSA) is 21.3 Å². The van der Waals surface area contributed by atoms with Gasteiger partial charge in [0.05, 0.1) is 13.2 Å². The monoisotopic (exact) mass is 253 g/mol. The van der Waals surface area contributed by atoms with E-state index in [0.29, 0.717) is 19.1 Å². The normalized spacial score (nSPS) is 11.1. The molecule has 1 aromatic rings. The summed E-state index contributed by atoms with van der Waals surface area (Å²) < 4.78 is 5.47. The SMILES string of the molecule is C=CCOCc1cc(CNCC(C)C)sc1C. The third kappa shape index (κ3) is 5.48. The van der Waals surface area contributed by atoms with E-state index in [2.05, 4.69) is 38.7 Å². The Labute approximate surface area is 109 Å². The quantitative estimate of drug-likeness (QED) is 0.565. The molecule has 2 nitrogen and oxygen atoms in total. The molecule has 17 heavy (non-hydrogen) atoms. The van der Waals surface area contributed by atoms with Crippen LogP contribution in [-0.4, -0.2) is 13.2 Å². The zero-order valence-corrected chi connectivity index (χ0v) is 11.9. The molecule has 1 N–H and O–H groups in total. The van der Waals surface area contributed by atoms with E-state index in [1.165, 1.54) is 15.3 Å². The average Bonchev–Trinajstić information content (AvgIpc) is 2.59. The largest absolute Gasteiger partial charge is 0.373 e. The minimum absolute atomic E-state index is 0.621. The van der Waals surface area contributed by atoms with Gasteiger partial charge in [0.1, 0.15) is 0 Å². The summed E-state index contributed by atoms with van der Waals surface area (Å²) >= 11 is 1.86. The molecule has 0 bridgehead atoms. The van der Waals surface area contributed by atoms with Crippen LogP contribution in [0.5, 0.6) is 0 Å². The summed E-state index contributed by atoms with van der Waals surface area (Å²) in [6, 6.07) is 2.25. The van der Waals surface area contributed by atoms with E-state index in [4.69, 9.17) is 4.74 Å². The lowest BCUT2D eigenvalue weighted by Gasteiger charge is -2.05. The summed E-state index contributed by atoms with van der Waals surface area (Å²) in [5.41, 5.74) is 1.30. The third-order valence-electron chi connectivity index (χ3n) is 2.42. The Morgan fingerprint density at radius 1 is 1.53 bits per heavy atom. The van der Waals surface area contributed by atoms with Crippen molar-refractivity contribution in [2.75, 3.05) is 13.2 Å². The molecule has 3 heteroatoms. The summed E-state index contributed by atoms with van der Waals surface area (Å²) in [5.74, 6) is 0.700. The van der Waals surface area contributed by atoms with Gasteiger partial charge in [0.2, 0.25) is 0 Å². The van der Waals surface area contributed by atoms with Crippen LogP contribution in [0.3, 0.4) is 0 Å². The number of thiophene rings is 1. The Kier molecular flexibility index (Phi) is 6.48. The van der Waals surface area contributed by atoms with Crippen LogP contribution in [0.1, 0.15) is 29.2 Å². The molecule has 0 saturated carbocycles. The van der Waals surface area contributed by atoms with Gasteiger partial charge in [-0.15, -0.1) is 17.9 Å². The summed E-state index contributed by atoms with van der Waals surface area (Å²) in [5, 5.41) is 3.46. The molecule has 1 heterocycles. The fourth-order valence-corrected chi connectivity index (χ4v) is 2.57. The van der Waals surface area contributed by atoms with Gasteiger partial charge in [-0.1, -0.05) is 19.9 Å². The molecule has 0 aliphatic heterocycles. The van der Waals surface area contributed by atoms with Gasteiger partial charge in [-0.05, 0) is 31.0 Å². The minimum Gasteiger partial charge on any atom is -0.373 e. The highest BCUT2D eigenvalue weighted by Gasteiger charge is 2.05. The minimum atomic E-state index is 0.621. The number of hydrogen-bond donors (Lipinski definition) is 1. The second-order valence-electron chi connectivity index (χ2n) is 4.62. The second-order valence-corrected chi connectivity index (χ2v) is 5.96. The fourth-order valence-electron chi connectivity index (χ4n) is 1.55. The summed E-state index contributed by atoms with van der Waals surface area (Å²) in [6.45, 7) is 13.6. The van der Waals surface area contributed by atoms with Crippen LogP contribution in [0.15, 0.2) is 18.7 Å². The van der Waals surface area contributed by atoms with Gasteiger partial charge < -0.3 is 10.1 Å². The van der Waals surface area contributed by atoms with E-state index in [1.807, 2.05) is 11.3 Å². The van der Waals surface area contributed by atoms with Crippen LogP contribution in [0.2, 0.25) is 0 Å². The maximum atomic E-state index is 5.47. The van der Waals surface area contributed by atoms with E-state index in [1.54, 1.807) is 6.08 Å². The van der Waals surface area contributed by atoms with Crippen LogP contribution < -0.4 is 5.32 Å². The fraction of sp³-hybridized carbons (Fsp3) is 0.571. The Bertz CT molecular complexity index is 344. The van der Waals surface area contributed by atoms with Crippen LogP contribution in [0, 0.1) is 12.8 Å². The van der Waals surface area contributed by atoms with E-state index >= 15 is 0 Å². The van der Waals surface area contributed by atoms with Crippen LogP contribution in [0.25, 0.3) is 0 Å². The number of hydrogen-bond acceptors (Lipinski definition) is 3. The first-order chi connectivity index (χ1) is 8.13. The lowest BCUT2D eigenvalue weighted by Crippen LogP contribution is -2.18. The highest BCUT2D eigenvalue weighted by atomic mass is 32.1. The predicted octanol–water partition coefficient (Wildman–Crippen LogP) is 3.50. The first-order valence-corrected chi connectivity index (χ1v) is 6.92. The average molecular weight is 253 g/mol. The number of aryl methyl sites for hydroxylation is 1. The number of rotatable bonds is 8. The number of ether oxygens (including phenoxy) is 1. The van der Waals surface area contributed by atoms with Crippen molar-refractivity contribution < 1.29 is 4.74 Å². The van der Waals surface area contributed by atoms with E-state index in [0.717, 1.165) is 13.1 Å². The van der Waals surface area contributed by atoms with Gasteiger partial charge in [-0.25, -0.2) is 0 Å². The maximum Gasteiger partial charge on any atom is 0.0731 e. The Morgan fingerprint density at radius 3 is 2.94 bits per heavy atom. The maximum absolute atomic E-state index is 5.47. The van der Waals surface area contributed by atoms with Crippen molar-refractivity contribution in [1.29, 1.82) is 0 Å². The molecule has 1 rings (SSSR count). The Morgan fingerprint density at radius 2 is 2.29 bits per heavy atom. The second kappa shape index (κ2) is 7.64. The zero-order valence-electron chi connectivity index (χ0n) is 11.1. The molecule has 0 fully saturated rings. The van der Waals surface area contributed by atoms with Gasteiger partial charge >= 0.3 is 0 Å². The predicted molar refractivity (Wildman–Crippen MR) is 75.5 cm³/mol. The number of nitrogens with one attached hydrogen (secondary N) is 1. The van der Waals surface area contributed by atoms with E-state index in [9.17, 15) is 0 Å². The summed E-state index contributed by atoms with van der Waals surface area (Å²) in [4.78, 5) is 2.75. The zero-order chi connectivity index (χ0) is 12.7. The molecule has 0 aliphatic rings. The molecule has 0 spiro atoms. The van der Waals surface area contributed by atoms with Gasteiger partial charge in [0.15, 0.2) is 0 Å². The summed E-state index contributed by atoms with van der Waals surface area (Å²) in [6.07, 6.45) is 1.78. The molecule has 1 aromatic heterocycles. The molecular weight excluding hydrogens is 230 g/mol. The van der Waals surface area contributed by atoms with Crippen molar-refractivity contribution in [3.05, 3.63) is 34.0 Å². The van der Waals surface area contributed by atoms with Crippen LogP contribution >= 0.6 is 11.3 Å². The highest BCUT2D eigenvalue weighted by molar-refractivity contribution is 7.12. The smallest absolute Gasteiger partial charge is 0.0731 e. The lowest BCUT2D eigenvalue weighted by molar-refractivity contribution is 0.149. The van der Waals surface area contributed by atoms with Gasteiger partial charge in [-0.2, -0.15) is 0 Å². The van der Waals surface area contributed by atoms with Gasteiger partial charge in [0, 0.05) is 16.3 Å². The molecule has 0 amide bonds.